The van der Waals surface area contributed by atoms with Gasteiger partial charge < -0.3 is 4.42 Å². The van der Waals surface area contributed by atoms with Gasteiger partial charge in [-0.05, 0) is 40.3 Å². The first-order valence-electron chi connectivity index (χ1n) is 5.75. The fourth-order valence-electron chi connectivity index (χ4n) is 2.55. The summed E-state index contributed by atoms with van der Waals surface area (Å²) in [7, 11) is 0. The molecule has 1 aromatic rings. The lowest BCUT2D eigenvalue weighted by Gasteiger charge is -2.37. The van der Waals surface area contributed by atoms with Gasteiger partial charge in [0.1, 0.15) is 11.5 Å². The number of hydrogen-bond donors (Lipinski definition) is 0. The molecule has 2 rings (SSSR count). The van der Waals surface area contributed by atoms with Crippen LogP contribution in [0.3, 0.4) is 0 Å². The van der Waals surface area contributed by atoms with Gasteiger partial charge >= 0.3 is 0 Å². The number of rotatable bonds is 2. The van der Waals surface area contributed by atoms with Gasteiger partial charge in [0.25, 0.3) is 0 Å². The van der Waals surface area contributed by atoms with Gasteiger partial charge in [-0.3, -0.25) is 4.79 Å². The zero-order valence-corrected chi connectivity index (χ0v) is 11.3. The highest BCUT2D eigenvalue weighted by Crippen LogP contribution is 2.41. The number of Topliss-reactive ketones (excluding diaryl/α,β-unsaturated/α-hetero) is 1. The van der Waals surface area contributed by atoms with Crippen molar-refractivity contribution in [3.05, 3.63) is 22.6 Å². The van der Waals surface area contributed by atoms with Crippen LogP contribution >= 0.6 is 15.9 Å². The van der Waals surface area contributed by atoms with E-state index in [1.807, 2.05) is 6.07 Å². The summed E-state index contributed by atoms with van der Waals surface area (Å²) in [5.74, 6) is 1.39. The summed E-state index contributed by atoms with van der Waals surface area (Å²) < 4.78 is 6.38. The number of halogens is 1. The van der Waals surface area contributed by atoms with Crippen molar-refractivity contribution in [1.29, 1.82) is 0 Å². The van der Waals surface area contributed by atoms with Gasteiger partial charge in [-0.15, -0.1) is 0 Å². The van der Waals surface area contributed by atoms with Gasteiger partial charge in [0.15, 0.2) is 0 Å². The predicted octanol–water partition coefficient (Wildman–Crippen LogP) is 3.98. The maximum atomic E-state index is 12.0. The molecule has 0 saturated heterocycles. The zero-order chi connectivity index (χ0) is 11.8. The molecule has 0 N–H and O–H groups in total. The molecule has 1 saturated carbocycles. The minimum absolute atomic E-state index is 0.0988. The van der Waals surface area contributed by atoms with Gasteiger partial charge in [0, 0.05) is 18.8 Å². The van der Waals surface area contributed by atoms with E-state index in [4.69, 9.17) is 4.42 Å². The molecule has 0 aliphatic heterocycles. The molecule has 3 heteroatoms. The second kappa shape index (κ2) is 4.36. The number of ketones is 1. The Morgan fingerprint density at radius 3 is 2.88 bits per heavy atom. The highest BCUT2D eigenvalue weighted by atomic mass is 79.9. The Bertz CT molecular complexity index is 392. The van der Waals surface area contributed by atoms with E-state index in [-0.39, 0.29) is 11.3 Å². The first-order valence-corrected chi connectivity index (χ1v) is 6.54. The Labute approximate surface area is 105 Å². The van der Waals surface area contributed by atoms with E-state index in [1.54, 1.807) is 6.26 Å². The Balaban J connectivity index is 2.18. The van der Waals surface area contributed by atoms with Crippen LogP contribution < -0.4 is 0 Å². The van der Waals surface area contributed by atoms with Crippen LogP contribution in [0.15, 0.2) is 21.2 Å². The number of carbonyl (C=O) groups excluding carboxylic acids is 1. The van der Waals surface area contributed by atoms with Crippen molar-refractivity contribution in [1.82, 2.24) is 0 Å². The van der Waals surface area contributed by atoms with Crippen molar-refractivity contribution in [2.24, 2.45) is 11.3 Å². The molecule has 0 aromatic carbocycles. The Hall–Kier alpha value is -0.570. The summed E-state index contributed by atoms with van der Waals surface area (Å²) >= 11 is 3.45. The second-order valence-corrected chi connectivity index (χ2v) is 6.11. The first-order chi connectivity index (χ1) is 7.50. The molecule has 0 amide bonds. The molecular weight excluding hydrogens is 268 g/mol. The van der Waals surface area contributed by atoms with Crippen molar-refractivity contribution < 1.29 is 9.21 Å². The lowest BCUT2D eigenvalue weighted by Crippen LogP contribution is -2.36. The molecule has 0 spiro atoms. The van der Waals surface area contributed by atoms with Crippen LogP contribution in [0.4, 0.5) is 0 Å². The van der Waals surface area contributed by atoms with Crippen LogP contribution in [0.2, 0.25) is 0 Å². The molecule has 1 atom stereocenters. The highest BCUT2D eigenvalue weighted by Gasteiger charge is 2.38. The predicted molar refractivity (Wildman–Crippen MR) is 66.2 cm³/mol. The molecule has 1 aliphatic rings. The molecule has 1 aliphatic carbocycles. The fraction of sp³-hybridized carbons (Fsp3) is 0.615. The van der Waals surface area contributed by atoms with E-state index in [0.717, 1.165) is 35.9 Å². The molecule has 2 nitrogen and oxygen atoms in total. The van der Waals surface area contributed by atoms with E-state index < -0.39 is 0 Å². The maximum absolute atomic E-state index is 12.0. The summed E-state index contributed by atoms with van der Waals surface area (Å²) in [5.41, 5.74) is 0.0988. The monoisotopic (exact) mass is 284 g/mol. The lowest BCUT2D eigenvalue weighted by atomic mass is 9.66. The van der Waals surface area contributed by atoms with Gasteiger partial charge in [-0.1, -0.05) is 13.8 Å². The third-order valence-electron chi connectivity index (χ3n) is 3.66. The smallest absolute Gasteiger partial charge is 0.136 e. The number of carbonyl (C=O) groups is 1. The van der Waals surface area contributed by atoms with E-state index >= 15 is 0 Å². The van der Waals surface area contributed by atoms with E-state index in [9.17, 15) is 4.79 Å². The van der Waals surface area contributed by atoms with Gasteiger partial charge in [0.2, 0.25) is 0 Å². The first kappa shape index (κ1) is 11.9. The average molecular weight is 285 g/mol. The molecule has 0 bridgehead atoms. The third-order valence-corrected chi connectivity index (χ3v) is 4.36. The molecule has 88 valence electrons. The molecule has 1 fully saturated rings. The normalized spacial score (nSPS) is 24.7. The van der Waals surface area contributed by atoms with Crippen LogP contribution in [-0.2, 0) is 11.2 Å². The van der Waals surface area contributed by atoms with Crippen molar-refractivity contribution in [3.63, 3.8) is 0 Å². The molecule has 16 heavy (non-hydrogen) atoms. The summed E-state index contributed by atoms with van der Waals surface area (Å²) in [5, 5.41) is 0. The molecular formula is C13H17BrO2. The van der Waals surface area contributed by atoms with E-state index in [0.29, 0.717) is 5.78 Å². The summed E-state index contributed by atoms with van der Waals surface area (Å²) in [6.45, 7) is 4.37. The van der Waals surface area contributed by atoms with Gasteiger partial charge in [0.05, 0.1) is 10.7 Å². The van der Waals surface area contributed by atoms with Gasteiger partial charge in [-0.25, -0.2) is 0 Å². The fourth-order valence-corrected chi connectivity index (χ4v) is 2.91. The van der Waals surface area contributed by atoms with Crippen LogP contribution in [0, 0.1) is 11.3 Å². The molecule has 0 radical (unpaired) electrons. The largest absolute Gasteiger partial charge is 0.468 e. The molecule has 1 heterocycles. The van der Waals surface area contributed by atoms with Gasteiger partial charge in [-0.2, -0.15) is 0 Å². The quantitative estimate of drug-likeness (QED) is 0.822. The van der Waals surface area contributed by atoms with Crippen LogP contribution in [-0.4, -0.2) is 5.78 Å². The van der Waals surface area contributed by atoms with E-state index in [1.165, 1.54) is 0 Å². The summed E-state index contributed by atoms with van der Waals surface area (Å²) in [4.78, 5) is 12.0. The highest BCUT2D eigenvalue weighted by molar-refractivity contribution is 9.10. The van der Waals surface area contributed by atoms with Crippen molar-refractivity contribution in [2.75, 3.05) is 0 Å². The minimum atomic E-state index is 0.0988. The zero-order valence-electron chi connectivity index (χ0n) is 9.75. The summed E-state index contributed by atoms with van der Waals surface area (Å²) in [6.07, 6.45) is 5.27. The molecule has 1 unspecified atom stereocenters. The number of hydrogen-bond acceptors (Lipinski definition) is 2. The van der Waals surface area contributed by atoms with Crippen LogP contribution in [0.5, 0.6) is 0 Å². The summed E-state index contributed by atoms with van der Waals surface area (Å²) in [6, 6.07) is 1.88. The van der Waals surface area contributed by atoms with Crippen molar-refractivity contribution in [3.8, 4) is 0 Å². The topological polar surface area (TPSA) is 30.2 Å². The SMILES string of the molecule is CC1(C)CCCC(=O)C1Cc1occc1Br. The number of furan rings is 1. The van der Waals surface area contributed by atoms with Crippen molar-refractivity contribution >= 4 is 21.7 Å². The molecule has 1 aromatic heterocycles. The van der Waals surface area contributed by atoms with Crippen LogP contribution in [0.1, 0.15) is 38.9 Å². The maximum Gasteiger partial charge on any atom is 0.136 e. The van der Waals surface area contributed by atoms with E-state index in [2.05, 4.69) is 29.8 Å². The van der Waals surface area contributed by atoms with Crippen LogP contribution in [0.25, 0.3) is 0 Å². The Morgan fingerprint density at radius 1 is 1.56 bits per heavy atom. The van der Waals surface area contributed by atoms with Crippen molar-refractivity contribution in [2.45, 2.75) is 39.5 Å². The third kappa shape index (κ3) is 2.24. The Kier molecular flexibility index (Phi) is 3.24. The Morgan fingerprint density at radius 2 is 2.31 bits per heavy atom. The lowest BCUT2D eigenvalue weighted by molar-refractivity contribution is -0.129. The standard InChI is InChI=1S/C13H17BrO2/c1-13(2)6-3-4-11(15)9(13)8-12-10(14)5-7-16-12/h5,7,9H,3-4,6,8H2,1-2H3. The average Bonchev–Trinajstić information content (AvgIpc) is 2.58. The minimum Gasteiger partial charge on any atom is -0.468 e. The second-order valence-electron chi connectivity index (χ2n) is 5.26.